The van der Waals surface area contributed by atoms with Crippen LogP contribution in [-0.4, -0.2) is 9.55 Å². The van der Waals surface area contributed by atoms with Crippen LogP contribution in [0.4, 0.5) is 13.2 Å². The van der Waals surface area contributed by atoms with Gasteiger partial charge in [-0.25, -0.2) is 4.98 Å². The van der Waals surface area contributed by atoms with Gasteiger partial charge in [0.1, 0.15) is 0 Å². The normalized spacial score (nSPS) is 11.3. The first kappa shape index (κ1) is 18.7. The molecule has 0 bridgehead atoms. The summed E-state index contributed by atoms with van der Waals surface area (Å²) in [4.78, 5) is 4.13. The summed E-state index contributed by atoms with van der Waals surface area (Å²) in [5.41, 5.74) is 2.06. The van der Waals surface area contributed by atoms with E-state index in [-0.39, 0.29) is 12.1 Å². The summed E-state index contributed by atoms with van der Waals surface area (Å²) in [6.07, 6.45) is -0.999. The molecule has 0 fully saturated rings. The average molecular weight is 370 g/mol. The van der Waals surface area contributed by atoms with Gasteiger partial charge in [-0.15, -0.1) is 0 Å². The van der Waals surface area contributed by atoms with Crippen LogP contribution >= 0.6 is 0 Å². The Labute approximate surface area is 154 Å². The van der Waals surface area contributed by atoms with E-state index in [1.54, 1.807) is 30.7 Å². The lowest BCUT2D eigenvalue weighted by molar-refractivity contribution is -0.138. The topological polar surface area (TPSA) is 53.6 Å². The quantitative estimate of drug-likeness (QED) is 0.710. The van der Waals surface area contributed by atoms with Crippen molar-refractivity contribution in [3.8, 4) is 6.07 Å². The molecule has 0 unspecified atom stereocenters. The molecule has 1 N–H and O–H groups in total. The lowest BCUT2D eigenvalue weighted by atomic mass is 10.1. The Balaban J connectivity index is 1.63. The van der Waals surface area contributed by atoms with Gasteiger partial charge in [-0.05, 0) is 29.3 Å². The van der Waals surface area contributed by atoms with Crippen molar-refractivity contribution in [3.05, 3.63) is 89.0 Å². The molecule has 138 valence electrons. The zero-order valence-corrected chi connectivity index (χ0v) is 14.4. The highest BCUT2D eigenvalue weighted by molar-refractivity contribution is 5.32. The molecule has 1 aromatic heterocycles. The first-order chi connectivity index (χ1) is 13.0. The third-order valence-electron chi connectivity index (χ3n) is 4.18. The summed E-state index contributed by atoms with van der Waals surface area (Å²) in [5.74, 6) is 0. The Hall–Kier alpha value is -3.11. The Morgan fingerprint density at radius 1 is 1.04 bits per heavy atom. The largest absolute Gasteiger partial charge is 0.416 e. The van der Waals surface area contributed by atoms with Crippen LogP contribution in [0.1, 0.15) is 27.9 Å². The van der Waals surface area contributed by atoms with E-state index in [1.165, 1.54) is 12.1 Å². The minimum Gasteiger partial charge on any atom is -0.329 e. The summed E-state index contributed by atoms with van der Waals surface area (Å²) >= 11 is 0. The van der Waals surface area contributed by atoms with E-state index < -0.39 is 11.7 Å². The van der Waals surface area contributed by atoms with Crippen molar-refractivity contribution in [2.75, 3.05) is 0 Å². The summed E-state index contributed by atoms with van der Waals surface area (Å²) in [6.45, 7) is 1.07. The monoisotopic (exact) mass is 370 g/mol. The third-order valence-corrected chi connectivity index (χ3v) is 4.18. The van der Waals surface area contributed by atoms with Gasteiger partial charge in [-0.1, -0.05) is 30.3 Å². The number of alkyl halides is 3. The maximum atomic E-state index is 13.0. The number of imidazole rings is 1. The molecule has 27 heavy (non-hydrogen) atoms. The molecule has 0 aliphatic heterocycles. The number of aromatic nitrogens is 2. The molecule has 0 spiro atoms. The molecule has 0 saturated carbocycles. The fourth-order valence-electron chi connectivity index (χ4n) is 2.80. The van der Waals surface area contributed by atoms with Gasteiger partial charge >= 0.3 is 6.18 Å². The number of nitrogens with one attached hydrogen (secondary N) is 1. The van der Waals surface area contributed by atoms with Crippen molar-refractivity contribution in [1.82, 2.24) is 14.9 Å². The van der Waals surface area contributed by atoms with Crippen molar-refractivity contribution in [1.29, 1.82) is 5.26 Å². The van der Waals surface area contributed by atoms with Crippen LogP contribution in [0, 0.1) is 11.3 Å². The van der Waals surface area contributed by atoms with Crippen LogP contribution < -0.4 is 5.32 Å². The molecule has 4 nitrogen and oxygen atoms in total. The Morgan fingerprint density at radius 3 is 2.48 bits per heavy atom. The molecule has 0 aliphatic rings. The van der Waals surface area contributed by atoms with Gasteiger partial charge < -0.3 is 9.88 Å². The summed E-state index contributed by atoms with van der Waals surface area (Å²) in [5, 5.41) is 11.9. The zero-order valence-electron chi connectivity index (χ0n) is 14.4. The molecule has 1 heterocycles. The second-order valence-electron chi connectivity index (χ2n) is 6.08. The SMILES string of the molecule is N#Cc1ccc(Cn2cncc2CNCc2ccccc2C(F)(F)F)cc1. The van der Waals surface area contributed by atoms with Crippen molar-refractivity contribution >= 4 is 0 Å². The van der Waals surface area contributed by atoms with E-state index in [2.05, 4.69) is 16.4 Å². The highest BCUT2D eigenvalue weighted by Gasteiger charge is 2.32. The van der Waals surface area contributed by atoms with Crippen LogP contribution in [0.5, 0.6) is 0 Å². The molecule has 0 aliphatic carbocycles. The highest BCUT2D eigenvalue weighted by Crippen LogP contribution is 2.31. The van der Waals surface area contributed by atoms with Crippen LogP contribution in [0.25, 0.3) is 0 Å². The van der Waals surface area contributed by atoms with Crippen molar-refractivity contribution in [2.24, 2.45) is 0 Å². The lowest BCUT2D eigenvalue weighted by Crippen LogP contribution is -2.19. The number of rotatable bonds is 6. The van der Waals surface area contributed by atoms with Gasteiger partial charge in [0, 0.05) is 25.8 Å². The first-order valence-electron chi connectivity index (χ1n) is 8.31. The second kappa shape index (κ2) is 8.06. The number of benzene rings is 2. The van der Waals surface area contributed by atoms with Crippen LogP contribution in [-0.2, 0) is 25.8 Å². The van der Waals surface area contributed by atoms with Crippen molar-refractivity contribution in [2.45, 2.75) is 25.8 Å². The predicted octanol–water partition coefficient (Wildman–Crippen LogP) is 4.11. The molecule has 3 aromatic rings. The maximum absolute atomic E-state index is 13.0. The zero-order chi connectivity index (χ0) is 19.3. The summed E-state index contributed by atoms with van der Waals surface area (Å²) in [6, 6.07) is 14.9. The molecule has 2 aromatic carbocycles. The van der Waals surface area contributed by atoms with Crippen LogP contribution in [0.15, 0.2) is 61.1 Å². The van der Waals surface area contributed by atoms with E-state index in [0.29, 0.717) is 18.7 Å². The molecular formula is C20H17F3N4. The fraction of sp³-hybridized carbons (Fsp3) is 0.200. The minimum absolute atomic E-state index is 0.109. The Morgan fingerprint density at radius 2 is 1.78 bits per heavy atom. The van der Waals surface area contributed by atoms with Gasteiger partial charge in [0.25, 0.3) is 0 Å². The summed E-state index contributed by atoms with van der Waals surface area (Å²) < 4.78 is 41.1. The van der Waals surface area contributed by atoms with Gasteiger partial charge in [0.15, 0.2) is 0 Å². The van der Waals surface area contributed by atoms with Gasteiger partial charge in [-0.2, -0.15) is 18.4 Å². The molecule has 0 amide bonds. The van der Waals surface area contributed by atoms with E-state index in [9.17, 15) is 13.2 Å². The lowest BCUT2D eigenvalue weighted by Gasteiger charge is -2.14. The van der Waals surface area contributed by atoms with Crippen LogP contribution in [0.2, 0.25) is 0 Å². The predicted molar refractivity (Wildman–Crippen MR) is 94.5 cm³/mol. The minimum atomic E-state index is -4.37. The third kappa shape index (κ3) is 4.74. The fourth-order valence-corrected chi connectivity index (χ4v) is 2.80. The standard InChI is InChI=1S/C20H17F3N4/c21-20(22,23)19-4-2-1-3-17(19)10-25-11-18-12-26-14-27(18)13-16-7-5-15(9-24)6-8-16/h1-8,12,14,25H,10-11,13H2. The average Bonchev–Trinajstić information content (AvgIpc) is 3.09. The maximum Gasteiger partial charge on any atom is 0.416 e. The van der Waals surface area contributed by atoms with Gasteiger partial charge in [-0.3, -0.25) is 0 Å². The number of hydrogen-bond donors (Lipinski definition) is 1. The van der Waals surface area contributed by atoms with Crippen molar-refractivity contribution in [3.63, 3.8) is 0 Å². The molecule has 0 radical (unpaired) electrons. The molecule has 7 heteroatoms. The number of nitrogens with zero attached hydrogens (tertiary/aromatic N) is 3. The number of halogens is 3. The smallest absolute Gasteiger partial charge is 0.329 e. The van der Waals surface area contributed by atoms with E-state index >= 15 is 0 Å². The highest BCUT2D eigenvalue weighted by atomic mass is 19.4. The number of nitriles is 1. The van der Waals surface area contributed by atoms with Crippen LogP contribution in [0.3, 0.4) is 0 Å². The van der Waals surface area contributed by atoms with E-state index in [1.807, 2.05) is 16.7 Å². The van der Waals surface area contributed by atoms with E-state index in [0.717, 1.165) is 17.3 Å². The van der Waals surface area contributed by atoms with E-state index in [4.69, 9.17) is 5.26 Å². The molecule has 0 saturated heterocycles. The Bertz CT molecular complexity index is 937. The molecule has 3 rings (SSSR count). The van der Waals surface area contributed by atoms with Gasteiger partial charge in [0.2, 0.25) is 0 Å². The second-order valence-corrected chi connectivity index (χ2v) is 6.08. The first-order valence-corrected chi connectivity index (χ1v) is 8.31. The molecular weight excluding hydrogens is 353 g/mol. The Kier molecular flexibility index (Phi) is 5.57. The van der Waals surface area contributed by atoms with Crippen molar-refractivity contribution < 1.29 is 13.2 Å². The number of hydrogen-bond acceptors (Lipinski definition) is 3. The molecule has 0 atom stereocenters. The summed E-state index contributed by atoms with van der Waals surface area (Å²) in [7, 11) is 0. The van der Waals surface area contributed by atoms with Gasteiger partial charge in [0.05, 0.1) is 29.2 Å².